The second kappa shape index (κ2) is 5.23. The summed E-state index contributed by atoms with van der Waals surface area (Å²) in [6.07, 6.45) is -0.0613. The molecule has 0 saturated carbocycles. The summed E-state index contributed by atoms with van der Waals surface area (Å²) in [7, 11) is 1.57. The van der Waals surface area contributed by atoms with Crippen molar-refractivity contribution in [2.45, 2.75) is 6.10 Å². The molecule has 2 rings (SSSR count). The molecular weight excluding hydrogens is 249 g/mol. The molecule has 88 valence electrons. The summed E-state index contributed by atoms with van der Waals surface area (Å²) in [5.41, 5.74) is 0.873. The van der Waals surface area contributed by atoms with Gasteiger partial charge in [-0.1, -0.05) is 23.2 Å². The molecule has 0 aromatic heterocycles. The quantitative estimate of drug-likeness (QED) is 0.888. The first-order chi connectivity index (χ1) is 7.72. The van der Waals surface area contributed by atoms with Crippen molar-refractivity contribution < 1.29 is 9.47 Å². The first kappa shape index (κ1) is 12.0. The van der Waals surface area contributed by atoms with E-state index in [0.717, 1.165) is 18.7 Å². The van der Waals surface area contributed by atoms with Crippen molar-refractivity contribution in [2.24, 2.45) is 0 Å². The van der Waals surface area contributed by atoms with Crippen LogP contribution in [0.5, 0.6) is 5.75 Å². The van der Waals surface area contributed by atoms with E-state index in [1.54, 1.807) is 13.2 Å². The number of ether oxygens (including phenoxy) is 2. The second-order valence-corrected chi connectivity index (χ2v) is 4.39. The minimum absolute atomic E-state index is 0.0613. The average molecular weight is 262 g/mol. The van der Waals surface area contributed by atoms with Gasteiger partial charge in [0, 0.05) is 29.7 Å². The van der Waals surface area contributed by atoms with Crippen molar-refractivity contribution >= 4 is 23.2 Å². The van der Waals surface area contributed by atoms with Crippen LogP contribution in [0.3, 0.4) is 0 Å². The van der Waals surface area contributed by atoms with E-state index in [1.807, 2.05) is 6.07 Å². The fourth-order valence-electron chi connectivity index (χ4n) is 1.73. The zero-order chi connectivity index (χ0) is 11.5. The highest BCUT2D eigenvalue weighted by Crippen LogP contribution is 2.36. The van der Waals surface area contributed by atoms with Gasteiger partial charge in [-0.15, -0.1) is 0 Å². The Kier molecular flexibility index (Phi) is 3.92. The van der Waals surface area contributed by atoms with Crippen molar-refractivity contribution in [1.29, 1.82) is 0 Å². The molecule has 1 fully saturated rings. The lowest BCUT2D eigenvalue weighted by atomic mass is 10.1. The van der Waals surface area contributed by atoms with Crippen molar-refractivity contribution in [3.05, 3.63) is 27.7 Å². The van der Waals surface area contributed by atoms with Gasteiger partial charge in [0.15, 0.2) is 0 Å². The van der Waals surface area contributed by atoms with Gasteiger partial charge in [0.25, 0.3) is 0 Å². The molecule has 1 aromatic rings. The number of methoxy groups -OCH3 is 1. The van der Waals surface area contributed by atoms with Gasteiger partial charge >= 0.3 is 0 Å². The predicted molar refractivity (Wildman–Crippen MR) is 64.6 cm³/mol. The van der Waals surface area contributed by atoms with E-state index in [4.69, 9.17) is 32.7 Å². The lowest BCUT2D eigenvalue weighted by Gasteiger charge is -2.25. The Labute approximate surface area is 105 Å². The molecule has 1 N–H and O–H groups in total. The molecule has 16 heavy (non-hydrogen) atoms. The van der Waals surface area contributed by atoms with Gasteiger partial charge in [-0.2, -0.15) is 0 Å². The zero-order valence-corrected chi connectivity index (χ0v) is 10.4. The highest BCUT2D eigenvalue weighted by molar-refractivity contribution is 6.35. The molecule has 0 aliphatic carbocycles. The van der Waals surface area contributed by atoms with Crippen LogP contribution in [0.25, 0.3) is 0 Å². The zero-order valence-electron chi connectivity index (χ0n) is 8.93. The van der Waals surface area contributed by atoms with Crippen LogP contribution in [-0.4, -0.2) is 26.8 Å². The molecular formula is C11H13Cl2NO2. The largest absolute Gasteiger partial charge is 0.495 e. The maximum absolute atomic E-state index is 6.22. The van der Waals surface area contributed by atoms with E-state index in [2.05, 4.69) is 5.32 Å². The summed E-state index contributed by atoms with van der Waals surface area (Å²) in [5, 5.41) is 4.42. The molecule has 1 aliphatic rings. The Hall–Kier alpha value is -0.480. The Balaban J connectivity index is 2.34. The number of halogens is 2. The van der Waals surface area contributed by atoms with Gasteiger partial charge < -0.3 is 14.8 Å². The Morgan fingerprint density at radius 2 is 2.25 bits per heavy atom. The highest BCUT2D eigenvalue weighted by atomic mass is 35.5. The Bertz CT molecular complexity index is 378. The number of morpholine rings is 1. The molecule has 1 aliphatic heterocycles. The minimum Gasteiger partial charge on any atom is -0.495 e. The number of hydrogen-bond donors (Lipinski definition) is 1. The number of benzene rings is 1. The first-order valence-corrected chi connectivity index (χ1v) is 5.83. The van der Waals surface area contributed by atoms with Crippen LogP contribution in [0, 0.1) is 0 Å². The normalized spacial score (nSPS) is 20.8. The van der Waals surface area contributed by atoms with Gasteiger partial charge in [0.05, 0.1) is 24.8 Å². The molecule has 1 atom stereocenters. The van der Waals surface area contributed by atoms with Crippen molar-refractivity contribution in [1.82, 2.24) is 5.32 Å². The summed E-state index contributed by atoms with van der Waals surface area (Å²) in [6.45, 7) is 2.28. The molecule has 5 heteroatoms. The fraction of sp³-hybridized carbons (Fsp3) is 0.455. The highest BCUT2D eigenvalue weighted by Gasteiger charge is 2.21. The Morgan fingerprint density at radius 3 is 2.88 bits per heavy atom. The van der Waals surface area contributed by atoms with Gasteiger partial charge in [-0.05, 0) is 6.07 Å². The molecule has 1 heterocycles. The van der Waals surface area contributed by atoms with E-state index < -0.39 is 0 Å². The summed E-state index contributed by atoms with van der Waals surface area (Å²) >= 11 is 12.2. The topological polar surface area (TPSA) is 30.5 Å². The first-order valence-electron chi connectivity index (χ1n) is 5.07. The standard InChI is InChI=1S/C11H13Cl2NO2/c1-15-9-5-7(12)4-8(11(9)13)10-6-14-2-3-16-10/h4-5,10,14H,2-3,6H2,1H3. The maximum Gasteiger partial charge on any atom is 0.139 e. The van der Waals surface area contributed by atoms with Crippen LogP contribution < -0.4 is 10.1 Å². The average Bonchev–Trinajstić information content (AvgIpc) is 2.33. The van der Waals surface area contributed by atoms with Gasteiger partial charge in [0.1, 0.15) is 5.75 Å². The third-order valence-electron chi connectivity index (χ3n) is 2.53. The van der Waals surface area contributed by atoms with Crippen LogP contribution >= 0.6 is 23.2 Å². The number of hydrogen-bond acceptors (Lipinski definition) is 3. The summed E-state index contributed by atoms with van der Waals surface area (Å²) in [6, 6.07) is 3.52. The van der Waals surface area contributed by atoms with Crippen LogP contribution in [-0.2, 0) is 4.74 Å². The maximum atomic E-state index is 6.22. The van der Waals surface area contributed by atoms with Crippen molar-refractivity contribution in [2.75, 3.05) is 26.8 Å². The third-order valence-corrected chi connectivity index (χ3v) is 3.15. The van der Waals surface area contributed by atoms with E-state index >= 15 is 0 Å². The van der Waals surface area contributed by atoms with Crippen LogP contribution in [0.4, 0.5) is 0 Å². The molecule has 1 saturated heterocycles. The number of rotatable bonds is 2. The van der Waals surface area contributed by atoms with Gasteiger partial charge in [-0.25, -0.2) is 0 Å². The molecule has 0 radical (unpaired) electrons. The van der Waals surface area contributed by atoms with Crippen LogP contribution in [0.2, 0.25) is 10.0 Å². The molecule has 0 spiro atoms. The van der Waals surface area contributed by atoms with E-state index in [1.165, 1.54) is 0 Å². The van der Waals surface area contributed by atoms with Crippen molar-refractivity contribution in [3.63, 3.8) is 0 Å². The summed E-state index contributed by atoms with van der Waals surface area (Å²) in [4.78, 5) is 0. The van der Waals surface area contributed by atoms with Crippen LogP contribution in [0.1, 0.15) is 11.7 Å². The number of nitrogens with one attached hydrogen (secondary N) is 1. The summed E-state index contributed by atoms with van der Waals surface area (Å²) < 4.78 is 10.8. The Morgan fingerprint density at radius 1 is 1.44 bits per heavy atom. The van der Waals surface area contributed by atoms with E-state index in [0.29, 0.717) is 22.4 Å². The smallest absolute Gasteiger partial charge is 0.139 e. The van der Waals surface area contributed by atoms with Crippen molar-refractivity contribution in [3.8, 4) is 5.75 Å². The molecule has 3 nitrogen and oxygen atoms in total. The van der Waals surface area contributed by atoms with E-state index in [-0.39, 0.29) is 6.10 Å². The second-order valence-electron chi connectivity index (χ2n) is 3.57. The predicted octanol–water partition coefficient (Wildman–Crippen LogP) is 2.66. The lowest BCUT2D eigenvalue weighted by molar-refractivity contribution is 0.0276. The SMILES string of the molecule is COc1cc(Cl)cc(C2CNCCO2)c1Cl. The molecule has 0 amide bonds. The van der Waals surface area contributed by atoms with Crippen LogP contribution in [0.15, 0.2) is 12.1 Å². The summed E-state index contributed by atoms with van der Waals surface area (Å²) in [5.74, 6) is 0.582. The van der Waals surface area contributed by atoms with E-state index in [9.17, 15) is 0 Å². The lowest BCUT2D eigenvalue weighted by Crippen LogP contribution is -2.33. The molecule has 1 unspecified atom stereocenters. The third kappa shape index (κ3) is 2.43. The molecule has 0 bridgehead atoms. The van der Waals surface area contributed by atoms with Gasteiger partial charge in [0.2, 0.25) is 0 Å². The monoisotopic (exact) mass is 261 g/mol. The minimum atomic E-state index is -0.0613. The van der Waals surface area contributed by atoms with Gasteiger partial charge in [-0.3, -0.25) is 0 Å². The molecule has 1 aromatic carbocycles. The fourth-order valence-corrected chi connectivity index (χ4v) is 2.26.